The van der Waals surface area contributed by atoms with E-state index in [0.717, 1.165) is 34.6 Å². The van der Waals surface area contributed by atoms with Gasteiger partial charge in [0.15, 0.2) is 5.69 Å². The van der Waals surface area contributed by atoms with Crippen molar-refractivity contribution in [3.8, 4) is 0 Å². The monoisotopic (exact) mass is 350 g/mol. The molecule has 0 spiro atoms. The third kappa shape index (κ3) is 2.96. The molecule has 0 saturated heterocycles. The lowest BCUT2D eigenvalue weighted by Crippen LogP contribution is -2.44. The van der Waals surface area contributed by atoms with Gasteiger partial charge in [-0.2, -0.15) is 5.10 Å². The molecule has 1 aromatic heterocycles. The fourth-order valence-electron chi connectivity index (χ4n) is 3.08. The van der Waals surface area contributed by atoms with Crippen molar-refractivity contribution in [1.82, 2.24) is 15.5 Å². The number of H-pyrrole nitrogens is 1. The Balaban J connectivity index is 1.82. The van der Waals surface area contributed by atoms with Crippen molar-refractivity contribution >= 4 is 32.7 Å². The number of nitrogens with one attached hydrogen (secondary N) is 2. The van der Waals surface area contributed by atoms with Gasteiger partial charge < -0.3 is 11.1 Å². The quantitative estimate of drug-likeness (QED) is 0.795. The Morgan fingerprint density at radius 2 is 2.24 bits per heavy atom. The van der Waals surface area contributed by atoms with Crippen molar-refractivity contribution in [3.63, 3.8) is 0 Å². The van der Waals surface area contributed by atoms with Crippen LogP contribution in [0.4, 0.5) is 0 Å². The smallest absolute Gasteiger partial charge is 0.272 e. The molecule has 0 aliphatic heterocycles. The highest BCUT2D eigenvalue weighted by atomic mass is 79.9. The van der Waals surface area contributed by atoms with Gasteiger partial charge in [0.1, 0.15) is 0 Å². The number of amides is 1. The number of halogens is 1. The Labute approximate surface area is 131 Å². The summed E-state index contributed by atoms with van der Waals surface area (Å²) < 4.78 is 0.933. The largest absolute Gasteiger partial charge is 0.348 e. The lowest BCUT2D eigenvalue weighted by atomic mass is 9.84. The van der Waals surface area contributed by atoms with Crippen molar-refractivity contribution in [3.05, 3.63) is 28.4 Å². The number of fused-ring (bicyclic) bond motifs is 1. The van der Waals surface area contributed by atoms with Gasteiger partial charge in [0.25, 0.3) is 5.91 Å². The van der Waals surface area contributed by atoms with Crippen LogP contribution in [-0.4, -0.2) is 28.7 Å². The molecule has 2 atom stereocenters. The van der Waals surface area contributed by atoms with E-state index in [1.165, 1.54) is 6.42 Å². The number of rotatable bonds is 3. The molecular formula is C15H19BrN4O. The van der Waals surface area contributed by atoms with Gasteiger partial charge in [-0.15, -0.1) is 0 Å². The van der Waals surface area contributed by atoms with Crippen LogP contribution in [0.15, 0.2) is 22.7 Å². The van der Waals surface area contributed by atoms with Crippen molar-refractivity contribution in [2.24, 2.45) is 11.7 Å². The summed E-state index contributed by atoms with van der Waals surface area (Å²) >= 11 is 3.43. The van der Waals surface area contributed by atoms with Gasteiger partial charge in [-0.3, -0.25) is 9.89 Å². The number of hydrogen-bond acceptors (Lipinski definition) is 3. The molecule has 1 heterocycles. The molecule has 21 heavy (non-hydrogen) atoms. The summed E-state index contributed by atoms with van der Waals surface area (Å²) in [7, 11) is 0. The SMILES string of the molecule is NCC1CCCCC1NC(=O)c1n[nH]c2ccc(Br)cc12. The van der Waals surface area contributed by atoms with E-state index in [1.54, 1.807) is 0 Å². The Morgan fingerprint density at radius 3 is 3.05 bits per heavy atom. The van der Waals surface area contributed by atoms with E-state index >= 15 is 0 Å². The van der Waals surface area contributed by atoms with Crippen LogP contribution >= 0.6 is 15.9 Å². The molecule has 0 bridgehead atoms. The molecule has 6 heteroatoms. The maximum atomic E-state index is 12.5. The second kappa shape index (κ2) is 6.15. The summed E-state index contributed by atoms with van der Waals surface area (Å²) in [5, 5.41) is 11.0. The minimum atomic E-state index is -0.121. The van der Waals surface area contributed by atoms with Crippen molar-refractivity contribution in [2.75, 3.05) is 6.54 Å². The van der Waals surface area contributed by atoms with Gasteiger partial charge >= 0.3 is 0 Å². The summed E-state index contributed by atoms with van der Waals surface area (Å²) in [6, 6.07) is 5.91. The maximum Gasteiger partial charge on any atom is 0.272 e. The number of nitrogens with two attached hydrogens (primary N) is 1. The van der Waals surface area contributed by atoms with E-state index in [9.17, 15) is 4.79 Å². The molecule has 1 aliphatic carbocycles. The summed E-state index contributed by atoms with van der Waals surface area (Å²) in [4.78, 5) is 12.5. The van der Waals surface area contributed by atoms with Gasteiger partial charge in [-0.1, -0.05) is 28.8 Å². The first-order valence-electron chi connectivity index (χ1n) is 7.33. The first-order chi connectivity index (χ1) is 10.2. The highest BCUT2D eigenvalue weighted by Gasteiger charge is 2.26. The van der Waals surface area contributed by atoms with Gasteiger partial charge in [-0.25, -0.2) is 0 Å². The van der Waals surface area contributed by atoms with Crippen LogP contribution in [0.3, 0.4) is 0 Å². The van der Waals surface area contributed by atoms with Crippen LogP contribution in [-0.2, 0) is 0 Å². The van der Waals surface area contributed by atoms with Gasteiger partial charge in [0, 0.05) is 15.9 Å². The number of hydrogen-bond donors (Lipinski definition) is 3. The first kappa shape index (κ1) is 14.5. The van der Waals surface area contributed by atoms with E-state index in [2.05, 4.69) is 31.4 Å². The molecule has 4 N–H and O–H groups in total. The molecule has 3 rings (SSSR count). The average Bonchev–Trinajstić information content (AvgIpc) is 2.90. The standard InChI is InChI=1S/C15H19BrN4O/c16-10-5-6-13-11(7-10)14(20-19-13)15(21)18-12-4-2-1-3-9(12)8-17/h5-7,9,12H,1-4,8,17H2,(H,18,21)(H,19,20). The topological polar surface area (TPSA) is 83.8 Å². The van der Waals surface area contributed by atoms with Gasteiger partial charge in [0.2, 0.25) is 0 Å². The molecule has 1 fully saturated rings. The van der Waals surface area contributed by atoms with Crippen molar-refractivity contribution in [1.29, 1.82) is 0 Å². The predicted molar refractivity (Wildman–Crippen MR) is 86.1 cm³/mol. The number of carbonyl (C=O) groups is 1. The molecule has 1 aliphatic rings. The Bertz CT molecular complexity index is 654. The number of aromatic nitrogens is 2. The average molecular weight is 351 g/mol. The molecule has 2 aromatic rings. The van der Waals surface area contributed by atoms with Crippen molar-refractivity contribution < 1.29 is 4.79 Å². The Kier molecular flexibility index (Phi) is 4.26. The number of carbonyl (C=O) groups excluding carboxylic acids is 1. The van der Waals surface area contributed by atoms with Crippen LogP contribution in [0.2, 0.25) is 0 Å². The third-order valence-electron chi connectivity index (χ3n) is 4.27. The number of benzene rings is 1. The Morgan fingerprint density at radius 1 is 1.43 bits per heavy atom. The number of aromatic amines is 1. The fourth-order valence-corrected chi connectivity index (χ4v) is 3.44. The predicted octanol–water partition coefficient (Wildman–Crippen LogP) is 2.57. The van der Waals surface area contributed by atoms with Gasteiger partial charge in [0.05, 0.1) is 5.52 Å². The van der Waals surface area contributed by atoms with Gasteiger partial charge in [-0.05, 0) is 43.5 Å². The molecule has 112 valence electrons. The molecule has 1 aromatic carbocycles. The second-order valence-corrected chi connectivity index (χ2v) is 6.54. The maximum absolute atomic E-state index is 12.5. The van der Waals surface area contributed by atoms with E-state index in [0.29, 0.717) is 18.2 Å². The summed E-state index contributed by atoms with van der Waals surface area (Å²) in [6.45, 7) is 0.623. The summed E-state index contributed by atoms with van der Waals surface area (Å²) in [5.74, 6) is 0.254. The zero-order valence-corrected chi connectivity index (χ0v) is 13.3. The normalized spacial score (nSPS) is 22.4. The minimum absolute atomic E-state index is 0.121. The van der Waals surface area contributed by atoms with E-state index in [1.807, 2.05) is 18.2 Å². The van der Waals surface area contributed by atoms with Crippen LogP contribution in [0.5, 0.6) is 0 Å². The van der Waals surface area contributed by atoms with Crippen molar-refractivity contribution in [2.45, 2.75) is 31.7 Å². The lowest BCUT2D eigenvalue weighted by molar-refractivity contribution is 0.0904. The first-order valence-corrected chi connectivity index (χ1v) is 8.13. The zero-order chi connectivity index (χ0) is 14.8. The van der Waals surface area contributed by atoms with Crippen LogP contribution < -0.4 is 11.1 Å². The molecule has 1 saturated carbocycles. The van der Waals surface area contributed by atoms with Crippen LogP contribution in [0.25, 0.3) is 10.9 Å². The number of nitrogens with zero attached hydrogens (tertiary/aromatic N) is 1. The third-order valence-corrected chi connectivity index (χ3v) is 4.76. The lowest BCUT2D eigenvalue weighted by Gasteiger charge is -2.31. The molecule has 5 nitrogen and oxygen atoms in total. The van der Waals surface area contributed by atoms with Crippen LogP contribution in [0, 0.1) is 5.92 Å². The molecule has 2 unspecified atom stereocenters. The highest BCUT2D eigenvalue weighted by Crippen LogP contribution is 2.25. The zero-order valence-electron chi connectivity index (χ0n) is 11.7. The second-order valence-electron chi connectivity index (χ2n) is 5.62. The summed E-state index contributed by atoms with van der Waals surface area (Å²) in [5.41, 5.74) is 7.13. The van der Waals surface area contributed by atoms with Crippen LogP contribution in [0.1, 0.15) is 36.2 Å². The molecule has 0 radical (unpaired) electrons. The van der Waals surface area contributed by atoms with E-state index < -0.39 is 0 Å². The van der Waals surface area contributed by atoms with E-state index in [-0.39, 0.29) is 11.9 Å². The minimum Gasteiger partial charge on any atom is -0.348 e. The highest BCUT2D eigenvalue weighted by molar-refractivity contribution is 9.10. The molecular weight excluding hydrogens is 332 g/mol. The summed E-state index contributed by atoms with van der Waals surface area (Å²) in [6.07, 6.45) is 4.44. The fraction of sp³-hybridized carbons (Fsp3) is 0.467. The Hall–Kier alpha value is -1.40. The molecule has 1 amide bonds. The van der Waals surface area contributed by atoms with E-state index in [4.69, 9.17) is 5.73 Å².